The van der Waals surface area contributed by atoms with Gasteiger partial charge in [-0.05, 0) is 52.7 Å². The van der Waals surface area contributed by atoms with Crippen LogP contribution in [0.2, 0.25) is 0 Å². The van der Waals surface area contributed by atoms with Crippen LogP contribution in [-0.2, 0) is 6.54 Å². The van der Waals surface area contributed by atoms with Crippen LogP contribution in [0.15, 0.2) is 34.8 Å². The normalized spacial score (nSPS) is 10.4. The van der Waals surface area contributed by atoms with Gasteiger partial charge in [0.15, 0.2) is 11.5 Å². The van der Waals surface area contributed by atoms with Gasteiger partial charge in [-0.3, -0.25) is 0 Å². The molecule has 0 heterocycles. The van der Waals surface area contributed by atoms with E-state index in [4.69, 9.17) is 0 Å². The van der Waals surface area contributed by atoms with Crippen LogP contribution in [0.25, 0.3) is 0 Å². The predicted molar refractivity (Wildman–Crippen MR) is 77.6 cm³/mol. The average molecular weight is 324 g/mol. The monoisotopic (exact) mass is 323 g/mol. The van der Waals surface area contributed by atoms with Crippen molar-refractivity contribution in [1.29, 1.82) is 0 Å². The first kappa shape index (κ1) is 13.5. The SMILES string of the molecule is Cc1ccc(Br)c(NCc2ccc(O)c(O)c2O)c1. The number of halogens is 1. The van der Waals surface area contributed by atoms with Crippen LogP contribution < -0.4 is 5.32 Å². The number of aromatic hydroxyl groups is 3. The van der Waals surface area contributed by atoms with Crippen molar-refractivity contribution in [2.24, 2.45) is 0 Å². The Morgan fingerprint density at radius 1 is 1.05 bits per heavy atom. The largest absolute Gasteiger partial charge is 0.504 e. The third-order valence-corrected chi connectivity index (χ3v) is 3.50. The number of aryl methyl sites for hydroxylation is 1. The van der Waals surface area contributed by atoms with Crippen molar-refractivity contribution in [3.63, 3.8) is 0 Å². The summed E-state index contributed by atoms with van der Waals surface area (Å²) in [4.78, 5) is 0. The molecule has 0 fully saturated rings. The topological polar surface area (TPSA) is 72.7 Å². The lowest BCUT2D eigenvalue weighted by atomic mass is 10.1. The van der Waals surface area contributed by atoms with E-state index in [1.54, 1.807) is 6.07 Å². The molecule has 0 spiro atoms. The van der Waals surface area contributed by atoms with Crippen LogP contribution in [0.1, 0.15) is 11.1 Å². The van der Waals surface area contributed by atoms with Crippen molar-refractivity contribution < 1.29 is 15.3 Å². The van der Waals surface area contributed by atoms with Gasteiger partial charge in [-0.15, -0.1) is 0 Å². The minimum absolute atomic E-state index is 0.309. The van der Waals surface area contributed by atoms with E-state index in [0.29, 0.717) is 12.1 Å². The lowest BCUT2D eigenvalue weighted by molar-refractivity contribution is 0.365. The van der Waals surface area contributed by atoms with Gasteiger partial charge in [0.25, 0.3) is 0 Å². The van der Waals surface area contributed by atoms with Gasteiger partial charge >= 0.3 is 0 Å². The Morgan fingerprint density at radius 2 is 1.79 bits per heavy atom. The zero-order chi connectivity index (χ0) is 14.0. The minimum atomic E-state index is -0.498. The highest BCUT2D eigenvalue weighted by molar-refractivity contribution is 9.10. The number of phenols is 3. The Balaban J connectivity index is 2.19. The van der Waals surface area contributed by atoms with Gasteiger partial charge in [0.1, 0.15) is 0 Å². The first-order valence-corrected chi connectivity index (χ1v) is 6.51. The Kier molecular flexibility index (Phi) is 3.85. The van der Waals surface area contributed by atoms with Crippen molar-refractivity contribution >= 4 is 21.6 Å². The molecule has 5 heteroatoms. The van der Waals surface area contributed by atoms with Crippen molar-refractivity contribution in [1.82, 2.24) is 0 Å². The molecule has 0 unspecified atom stereocenters. The Bertz CT molecular complexity index is 614. The summed E-state index contributed by atoms with van der Waals surface area (Å²) in [7, 11) is 0. The van der Waals surface area contributed by atoms with Gasteiger partial charge in [0.05, 0.1) is 0 Å². The highest BCUT2D eigenvalue weighted by atomic mass is 79.9. The number of anilines is 1. The molecule has 2 aromatic carbocycles. The Hall–Kier alpha value is -1.88. The van der Waals surface area contributed by atoms with Crippen molar-refractivity contribution in [3.05, 3.63) is 45.9 Å². The van der Waals surface area contributed by atoms with Crippen LogP contribution in [0.5, 0.6) is 17.2 Å². The number of phenolic OH excluding ortho intramolecular Hbond substituents is 3. The molecule has 0 bridgehead atoms. The maximum Gasteiger partial charge on any atom is 0.200 e. The molecule has 0 radical (unpaired) electrons. The third-order valence-electron chi connectivity index (χ3n) is 2.80. The summed E-state index contributed by atoms with van der Waals surface area (Å²) in [6.07, 6.45) is 0. The quantitative estimate of drug-likeness (QED) is 0.652. The van der Waals surface area contributed by atoms with Crippen LogP contribution >= 0.6 is 15.9 Å². The fraction of sp³-hybridized carbons (Fsp3) is 0.143. The lowest BCUT2D eigenvalue weighted by Gasteiger charge is -2.11. The first-order valence-electron chi connectivity index (χ1n) is 5.72. The van der Waals surface area contributed by atoms with Crippen LogP contribution in [-0.4, -0.2) is 15.3 Å². The smallest absolute Gasteiger partial charge is 0.200 e. The van der Waals surface area contributed by atoms with E-state index in [2.05, 4.69) is 21.2 Å². The molecule has 0 aliphatic rings. The maximum atomic E-state index is 9.72. The van der Waals surface area contributed by atoms with E-state index < -0.39 is 5.75 Å². The van der Waals surface area contributed by atoms with E-state index in [-0.39, 0.29) is 11.5 Å². The molecule has 100 valence electrons. The summed E-state index contributed by atoms with van der Waals surface area (Å²) >= 11 is 3.43. The third kappa shape index (κ3) is 2.93. The van der Waals surface area contributed by atoms with Gasteiger partial charge in [-0.1, -0.05) is 6.07 Å². The molecule has 0 saturated heterocycles. The summed E-state index contributed by atoms with van der Waals surface area (Å²) in [6, 6.07) is 8.80. The lowest BCUT2D eigenvalue weighted by Crippen LogP contribution is -2.00. The van der Waals surface area contributed by atoms with Gasteiger partial charge < -0.3 is 20.6 Å². The fourth-order valence-corrected chi connectivity index (χ4v) is 2.11. The molecule has 4 N–H and O–H groups in total. The molecule has 2 rings (SSSR count). The Labute approximate surface area is 119 Å². The molecule has 0 atom stereocenters. The average Bonchev–Trinajstić information content (AvgIpc) is 2.39. The van der Waals surface area contributed by atoms with Crippen molar-refractivity contribution in [2.45, 2.75) is 13.5 Å². The summed E-state index contributed by atoms with van der Waals surface area (Å²) < 4.78 is 0.917. The van der Waals surface area contributed by atoms with E-state index in [9.17, 15) is 15.3 Å². The van der Waals surface area contributed by atoms with Crippen LogP contribution in [0.4, 0.5) is 5.69 Å². The number of benzene rings is 2. The molecule has 0 aliphatic carbocycles. The first-order chi connectivity index (χ1) is 8.99. The maximum absolute atomic E-state index is 9.72. The molecular formula is C14H14BrNO3. The zero-order valence-corrected chi connectivity index (χ0v) is 11.9. The summed E-state index contributed by atoms with van der Waals surface area (Å²) in [5, 5.41) is 31.6. The van der Waals surface area contributed by atoms with Crippen LogP contribution in [0.3, 0.4) is 0 Å². The molecule has 0 saturated carbocycles. The zero-order valence-electron chi connectivity index (χ0n) is 10.3. The molecule has 2 aromatic rings. The van der Waals surface area contributed by atoms with Gasteiger partial charge in [-0.2, -0.15) is 0 Å². The molecule has 0 amide bonds. The highest BCUT2D eigenvalue weighted by Gasteiger charge is 2.11. The van der Waals surface area contributed by atoms with Crippen LogP contribution in [0, 0.1) is 6.92 Å². The summed E-state index contributed by atoms with van der Waals surface area (Å²) in [5.74, 6) is -1.14. The van der Waals surface area contributed by atoms with Crippen molar-refractivity contribution in [3.8, 4) is 17.2 Å². The number of rotatable bonds is 3. The molecule has 19 heavy (non-hydrogen) atoms. The van der Waals surface area contributed by atoms with Gasteiger partial charge in [0, 0.05) is 22.3 Å². The second-order valence-electron chi connectivity index (χ2n) is 4.28. The van der Waals surface area contributed by atoms with Crippen molar-refractivity contribution in [2.75, 3.05) is 5.32 Å². The standard InChI is InChI=1S/C14H14BrNO3/c1-8-2-4-10(15)11(6-8)16-7-9-3-5-12(17)14(19)13(9)18/h2-6,16-19H,7H2,1H3. The number of hydrogen-bond acceptors (Lipinski definition) is 4. The number of hydrogen-bond donors (Lipinski definition) is 4. The Morgan fingerprint density at radius 3 is 2.53 bits per heavy atom. The van der Waals surface area contributed by atoms with E-state index in [1.165, 1.54) is 6.07 Å². The van der Waals surface area contributed by atoms with Gasteiger partial charge in [0.2, 0.25) is 5.75 Å². The minimum Gasteiger partial charge on any atom is -0.504 e. The fourth-order valence-electron chi connectivity index (χ4n) is 1.72. The second kappa shape index (κ2) is 5.40. The molecular weight excluding hydrogens is 310 g/mol. The molecule has 4 nitrogen and oxygen atoms in total. The summed E-state index contributed by atoms with van der Waals surface area (Å²) in [5.41, 5.74) is 2.51. The van der Waals surface area contributed by atoms with E-state index >= 15 is 0 Å². The van der Waals surface area contributed by atoms with E-state index in [1.807, 2.05) is 25.1 Å². The van der Waals surface area contributed by atoms with Gasteiger partial charge in [-0.25, -0.2) is 0 Å². The van der Waals surface area contributed by atoms with E-state index in [0.717, 1.165) is 15.7 Å². The number of nitrogens with one attached hydrogen (secondary N) is 1. The predicted octanol–water partition coefficient (Wildman–Crippen LogP) is 3.49. The summed E-state index contributed by atoms with van der Waals surface area (Å²) in [6.45, 7) is 2.32. The molecule has 0 aromatic heterocycles. The highest BCUT2D eigenvalue weighted by Crippen LogP contribution is 2.37. The second-order valence-corrected chi connectivity index (χ2v) is 5.13. The molecule has 0 aliphatic heterocycles.